The third-order valence-corrected chi connectivity index (χ3v) is 6.50. The second-order valence-electron chi connectivity index (χ2n) is 8.86. The molecule has 6 heteroatoms. The Hall–Kier alpha value is -2.18. The van der Waals surface area contributed by atoms with Crippen LogP contribution >= 0.6 is 11.3 Å². The molecule has 3 rings (SSSR count). The Morgan fingerprint density at radius 2 is 1.97 bits per heavy atom. The van der Waals surface area contributed by atoms with Crippen molar-refractivity contribution < 1.29 is 14.3 Å². The summed E-state index contributed by atoms with van der Waals surface area (Å²) in [6.07, 6.45) is 0.962. The van der Waals surface area contributed by atoms with Crippen molar-refractivity contribution in [3.63, 3.8) is 0 Å². The molecular weight excluding hydrogens is 384 g/mol. The number of anilines is 1. The van der Waals surface area contributed by atoms with Gasteiger partial charge in [-0.15, -0.1) is 11.3 Å². The average molecular weight is 415 g/mol. The van der Waals surface area contributed by atoms with Crippen molar-refractivity contribution in [2.24, 2.45) is 0 Å². The van der Waals surface area contributed by atoms with E-state index in [1.54, 1.807) is 6.92 Å². The largest absolute Gasteiger partial charge is 0.462 e. The van der Waals surface area contributed by atoms with Crippen LogP contribution in [0.5, 0.6) is 0 Å². The zero-order valence-electron chi connectivity index (χ0n) is 18.1. The number of hydrogen-bond acceptors (Lipinski definition) is 5. The minimum Gasteiger partial charge on any atom is -0.462 e. The highest BCUT2D eigenvalue weighted by atomic mass is 32.1. The number of hydrogen-bond donors (Lipinski definition) is 2. The van der Waals surface area contributed by atoms with Crippen LogP contribution in [-0.4, -0.2) is 24.0 Å². The van der Waals surface area contributed by atoms with Crippen molar-refractivity contribution in [1.29, 1.82) is 0 Å². The zero-order chi connectivity index (χ0) is 21.4. The maximum Gasteiger partial charge on any atom is 0.341 e. The highest BCUT2D eigenvalue weighted by Crippen LogP contribution is 2.45. The zero-order valence-corrected chi connectivity index (χ0v) is 18.9. The minimum absolute atomic E-state index is 0.134. The lowest BCUT2D eigenvalue weighted by molar-refractivity contribution is -0.115. The predicted octanol–water partition coefficient (Wildman–Crippen LogP) is 4.57. The van der Waals surface area contributed by atoms with Gasteiger partial charge in [-0.1, -0.05) is 29.8 Å². The second kappa shape index (κ2) is 7.92. The van der Waals surface area contributed by atoms with Gasteiger partial charge in [-0.2, -0.15) is 0 Å². The number of carbonyl (C=O) groups excluding carboxylic acids is 2. The Balaban J connectivity index is 1.97. The molecule has 2 heterocycles. The van der Waals surface area contributed by atoms with Crippen LogP contribution in [0.2, 0.25) is 0 Å². The maximum absolute atomic E-state index is 12.8. The number of rotatable bonds is 5. The molecule has 0 saturated heterocycles. The minimum atomic E-state index is -0.371. The molecule has 156 valence electrons. The molecule has 0 atom stereocenters. The van der Waals surface area contributed by atoms with Crippen LogP contribution in [0.15, 0.2) is 24.3 Å². The third-order valence-electron chi connectivity index (χ3n) is 5.02. The first-order chi connectivity index (χ1) is 13.5. The Bertz CT molecular complexity index is 944. The summed E-state index contributed by atoms with van der Waals surface area (Å²) >= 11 is 1.47. The van der Waals surface area contributed by atoms with Crippen LogP contribution in [0, 0.1) is 6.92 Å². The Morgan fingerprint density at radius 1 is 1.24 bits per heavy atom. The van der Waals surface area contributed by atoms with Crippen molar-refractivity contribution in [1.82, 2.24) is 5.32 Å². The van der Waals surface area contributed by atoms with Gasteiger partial charge >= 0.3 is 5.97 Å². The molecule has 2 aromatic rings. The second-order valence-corrected chi connectivity index (χ2v) is 9.88. The number of ether oxygens (including phenoxy) is 1. The number of aryl methyl sites for hydroxylation is 1. The predicted molar refractivity (Wildman–Crippen MR) is 118 cm³/mol. The van der Waals surface area contributed by atoms with Crippen LogP contribution in [0.1, 0.15) is 66.5 Å². The molecule has 5 nitrogen and oxygen atoms in total. The van der Waals surface area contributed by atoms with Gasteiger partial charge in [0, 0.05) is 16.0 Å². The average Bonchev–Trinajstić information content (AvgIpc) is 2.91. The fourth-order valence-electron chi connectivity index (χ4n) is 4.21. The van der Waals surface area contributed by atoms with Gasteiger partial charge in [0.2, 0.25) is 5.91 Å². The molecule has 1 aromatic heterocycles. The van der Waals surface area contributed by atoms with Crippen molar-refractivity contribution >= 4 is 28.2 Å². The third kappa shape index (κ3) is 4.70. The fraction of sp³-hybridized carbons (Fsp3) is 0.478. The number of fused-ring (bicyclic) bond motifs is 1. The van der Waals surface area contributed by atoms with Crippen molar-refractivity contribution in [2.75, 3.05) is 11.9 Å². The van der Waals surface area contributed by atoms with E-state index in [2.05, 4.69) is 38.3 Å². The summed E-state index contributed by atoms with van der Waals surface area (Å²) in [5.74, 6) is -0.505. The van der Waals surface area contributed by atoms with E-state index in [1.165, 1.54) is 11.3 Å². The van der Waals surface area contributed by atoms with E-state index >= 15 is 0 Å². The number of carbonyl (C=O) groups is 2. The summed E-state index contributed by atoms with van der Waals surface area (Å²) in [5.41, 5.74) is 3.08. The fourth-order valence-corrected chi connectivity index (χ4v) is 5.49. The van der Waals surface area contributed by atoms with Gasteiger partial charge in [-0.05, 0) is 59.1 Å². The summed E-state index contributed by atoms with van der Waals surface area (Å²) in [7, 11) is 0. The van der Waals surface area contributed by atoms with E-state index in [1.807, 2.05) is 31.2 Å². The molecule has 0 bridgehead atoms. The van der Waals surface area contributed by atoms with Gasteiger partial charge in [0.15, 0.2) is 0 Å². The van der Waals surface area contributed by atoms with Gasteiger partial charge in [0.05, 0.1) is 18.6 Å². The molecule has 29 heavy (non-hydrogen) atoms. The Labute approximate surface area is 176 Å². The molecule has 1 aromatic carbocycles. The highest BCUT2D eigenvalue weighted by molar-refractivity contribution is 7.17. The van der Waals surface area contributed by atoms with Gasteiger partial charge < -0.3 is 15.4 Å². The van der Waals surface area contributed by atoms with Gasteiger partial charge in [-0.25, -0.2) is 4.79 Å². The lowest BCUT2D eigenvalue weighted by Crippen LogP contribution is -2.55. The molecule has 1 aliphatic heterocycles. The Morgan fingerprint density at radius 3 is 2.62 bits per heavy atom. The van der Waals surface area contributed by atoms with Crippen LogP contribution in [0.4, 0.5) is 5.00 Å². The maximum atomic E-state index is 12.8. The topological polar surface area (TPSA) is 67.4 Å². The van der Waals surface area contributed by atoms with Gasteiger partial charge in [0.1, 0.15) is 5.00 Å². The quantitative estimate of drug-likeness (QED) is 0.703. The normalized spacial score (nSPS) is 16.8. The van der Waals surface area contributed by atoms with E-state index in [9.17, 15) is 9.59 Å². The SMILES string of the molecule is CCOC(=O)c1c(NC(=O)Cc2cccc(C)c2)sc2c1CC(C)(C)NC2(C)C. The van der Waals surface area contributed by atoms with Crippen molar-refractivity contribution in [2.45, 2.75) is 65.5 Å². The van der Waals surface area contributed by atoms with Crippen LogP contribution < -0.4 is 10.6 Å². The summed E-state index contributed by atoms with van der Waals surface area (Å²) in [5, 5.41) is 7.22. The number of thiophene rings is 1. The van der Waals surface area contributed by atoms with Crippen LogP contribution in [0.25, 0.3) is 0 Å². The Kier molecular flexibility index (Phi) is 5.88. The number of nitrogens with one attached hydrogen (secondary N) is 2. The molecule has 0 spiro atoms. The summed E-state index contributed by atoms with van der Waals surface area (Å²) in [6.45, 7) is 12.6. The molecular formula is C23H30N2O3S. The number of amides is 1. The van der Waals surface area contributed by atoms with E-state index in [-0.39, 0.29) is 29.4 Å². The molecule has 0 fully saturated rings. The van der Waals surface area contributed by atoms with Gasteiger partial charge in [-0.3, -0.25) is 4.79 Å². The van der Waals surface area contributed by atoms with E-state index in [0.717, 1.165) is 21.6 Å². The lowest BCUT2D eigenvalue weighted by atomic mass is 9.81. The van der Waals surface area contributed by atoms with Crippen LogP contribution in [-0.2, 0) is 27.9 Å². The summed E-state index contributed by atoms with van der Waals surface area (Å²) < 4.78 is 5.34. The molecule has 0 aliphatic carbocycles. The molecule has 0 unspecified atom stereocenters. The first-order valence-electron chi connectivity index (χ1n) is 10.0. The first kappa shape index (κ1) is 21.5. The summed E-state index contributed by atoms with van der Waals surface area (Å²) in [4.78, 5) is 26.6. The number of benzene rings is 1. The van der Waals surface area contributed by atoms with Crippen molar-refractivity contribution in [3.05, 3.63) is 51.4 Å². The van der Waals surface area contributed by atoms with Crippen LogP contribution in [0.3, 0.4) is 0 Å². The van der Waals surface area contributed by atoms with Gasteiger partial charge in [0.25, 0.3) is 0 Å². The molecule has 2 N–H and O–H groups in total. The highest BCUT2D eigenvalue weighted by Gasteiger charge is 2.42. The van der Waals surface area contributed by atoms with E-state index < -0.39 is 0 Å². The van der Waals surface area contributed by atoms with Crippen molar-refractivity contribution in [3.8, 4) is 0 Å². The monoisotopic (exact) mass is 414 g/mol. The molecule has 1 amide bonds. The standard InChI is InChI=1S/C23H30N2O3S/c1-7-28-21(27)18-16-13-22(3,4)25-23(5,6)19(16)29-20(18)24-17(26)12-15-10-8-9-14(2)11-15/h8-11,25H,7,12-13H2,1-6H3,(H,24,26). The lowest BCUT2D eigenvalue weighted by Gasteiger charge is -2.42. The smallest absolute Gasteiger partial charge is 0.341 e. The molecule has 0 radical (unpaired) electrons. The van der Waals surface area contributed by atoms with E-state index in [0.29, 0.717) is 23.6 Å². The number of esters is 1. The van der Waals surface area contributed by atoms with E-state index in [4.69, 9.17) is 4.74 Å². The molecule has 1 aliphatic rings. The molecule has 0 saturated carbocycles. The summed E-state index contributed by atoms with van der Waals surface area (Å²) in [6, 6.07) is 7.89. The first-order valence-corrected chi connectivity index (χ1v) is 10.8.